The van der Waals surface area contributed by atoms with E-state index in [1.165, 1.54) is 16.9 Å². The van der Waals surface area contributed by atoms with Crippen LogP contribution in [-0.2, 0) is 0 Å². The summed E-state index contributed by atoms with van der Waals surface area (Å²) in [6, 6.07) is 8.13. The highest BCUT2D eigenvalue weighted by Gasteiger charge is 2.16. The number of carbonyl (C=O) groups excluding carboxylic acids is 1. The van der Waals surface area contributed by atoms with Gasteiger partial charge in [-0.1, -0.05) is 38.1 Å². The standard InChI is InChI=1S/C17H18N4OS/c1-11(2)14-6-4-13(5-7-14)10-18-20-16(22)15-12(3)19-17-21(15)8-9-23-17/h4-11H,1-3H3,(H,20,22)/b18-10-. The number of imidazole rings is 1. The zero-order valence-corrected chi connectivity index (χ0v) is 14.1. The highest BCUT2D eigenvalue weighted by molar-refractivity contribution is 7.15. The van der Waals surface area contributed by atoms with Crippen molar-refractivity contribution in [2.24, 2.45) is 5.10 Å². The number of aryl methyl sites for hydroxylation is 1. The molecular formula is C17H18N4OS. The molecule has 1 amide bonds. The molecule has 23 heavy (non-hydrogen) atoms. The van der Waals surface area contributed by atoms with Crippen molar-refractivity contribution in [1.82, 2.24) is 14.8 Å². The molecule has 0 saturated heterocycles. The number of hydrogen-bond donors (Lipinski definition) is 1. The van der Waals surface area contributed by atoms with Crippen LogP contribution in [0.25, 0.3) is 4.96 Å². The first kappa shape index (κ1) is 15.4. The molecule has 0 atom stereocenters. The van der Waals surface area contributed by atoms with E-state index in [2.05, 4.69) is 41.5 Å². The van der Waals surface area contributed by atoms with E-state index < -0.39 is 0 Å². The van der Waals surface area contributed by atoms with Gasteiger partial charge in [0.05, 0.1) is 11.9 Å². The zero-order chi connectivity index (χ0) is 16.4. The first-order valence-electron chi connectivity index (χ1n) is 7.42. The Morgan fingerprint density at radius 3 is 2.78 bits per heavy atom. The van der Waals surface area contributed by atoms with E-state index in [1.807, 2.05) is 30.6 Å². The van der Waals surface area contributed by atoms with E-state index in [0.717, 1.165) is 10.5 Å². The average Bonchev–Trinajstić information content (AvgIpc) is 3.07. The Bertz CT molecular complexity index is 858. The van der Waals surface area contributed by atoms with Gasteiger partial charge in [-0.25, -0.2) is 10.4 Å². The number of carbonyl (C=O) groups is 1. The first-order chi connectivity index (χ1) is 11.1. The zero-order valence-electron chi connectivity index (χ0n) is 13.3. The number of benzene rings is 1. The molecule has 0 fully saturated rings. The van der Waals surface area contributed by atoms with Crippen LogP contribution < -0.4 is 5.43 Å². The molecule has 0 radical (unpaired) electrons. The molecule has 3 aromatic rings. The SMILES string of the molecule is Cc1nc2sccn2c1C(=O)N/N=C\c1ccc(C(C)C)cc1. The Kier molecular flexibility index (Phi) is 4.25. The third kappa shape index (κ3) is 3.17. The van der Waals surface area contributed by atoms with Gasteiger partial charge >= 0.3 is 0 Å². The molecule has 0 aliphatic heterocycles. The minimum Gasteiger partial charge on any atom is -0.286 e. The topological polar surface area (TPSA) is 58.8 Å². The van der Waals surface area contributed by atoms with Crippen LogP contribution in [0.2, 0.25) is 0 Å². The Labute approximate surface area is 138 Å². The van der Waals surface area contributed by atoms with Crippen LogP contribution in [0.4, 0.5) is 0 Å². The minimum atomic E-state index is -0.261. The number of thiazole rings is 1. The molecule has 0 unspecified atom stereocenters. The molecule has 6 heteroatoms. The number of nitrogens with zero attached hydrogens (tertiary/aromatic N) is 3. The number of aromatic nitrogens is 2. The van der Waals surface area contributed by atoms with E-state index in [-0.39, 0.29) is 5.91 Å². The number of fused-ring (bicyclic) bond motifs is 1. The fourth-order valence-corrected chi connectivity index (χ4v) is 3.11. The maximum Gasteiger partial charge on any atom is 0.290 e. The van der Waals surface area contributed by atoms with Gasteiger partial charge in [-0.3, -0.25) is 9.20 Å². The summed E-state index contributed by atoms with van der Waals surface area (Å²) < 4.78 is 1.78. The monoisotopic (exact) mass is 326 g/mol. The smallest absolute Gasteiger partial charge is 0.286 e. The van der Waals surface area contributed by atoms with Crippen molar-refractivity contribution >= 4 is 28.4 Å². The Hall–Kier alpha value is -2.47. The fourth-order valence-electron chi connectivity index (χ4n) is 2.35. The van der Waals surface area contributed by atoms with Crippen LogP contribution in [-0.4, -0.2) is 21.5 Å². The fraction of sp³-hybridized carbons (Fsp3) is 0.235. The highest BCUT2D eigenvalue weighted by atomic mass is 32.1. The van der Waals surface area contributed by atoms with Crippen molar-refractivity contribution in [2.45, 2.75) is 26.7 Å². The third-order valence-electron chi connectivity index (χ3n) is 3.63. The molecule has 3 rings (SSSR count). The van der Waals surface area contributed by atoms with Crippen molar-refractivity contribution in [2.75, 3.05) is 0 Å². The van der Waals surface area contributed by atoms with Crippen molar-refractivity contribution < 1.29 is 4.79 Å². The number of hydrogen-bond acceptors (Lipinski definition) is 4. The van der Waals surface area contributed by atoms with Crippen molar-refractivity contribution in [1.29, 1.82) is 0 Å². The number of amides is 1. The van der Waals surface area contributed by atoms with Crippen LogP contribution in [0.15, 0.2) is 40.9 Å². The molecule has 1 aromatic carbocycles. The molecule has 0 aliphatic carbocycles. The van der Waals surface area contributed by atoms with Gasteiger partial charge in [-0.15, -0.1) is 11.3 Å². The van der Waals surface area contributed by atoms with Crippen LogP contribution in [0.1, 0.15) is 47.1 Å². The number of nitrogens with one attached hydrogen (secondary N) is 1. The van der Waals surface area contributed by atoms with Gasteiger partial charge in [0.2, 0.25) is 0 Å². The first-order valence-corrected chi connectivity index (χ1v) is 8.29. The van der Waals surface area contributed by atoms with Gasteiger partial charge in [0.15, 0.2) is 4.96 Å². The van der Waals surface area contributed by atoms with E-state index in [9.17, 15) is 4.79 Å². The van der Waals surface area contributed by atoms with E-state index in [4.69, 9.17) is 0 Å². The van der Waals surface area contributed by atoms with Gasteiger partial charge in [0.1, 0.15) is 5.69 Å². The second-order valence-corrected chi connectivity index (χ2v) is 6.49. The third-order valence-corrected chi connectivity index (χ3v) is 4.39. The van der Waals surface area contributed by atoms with Gasteiger partial charge < -0.3 is 0 Å². The lowest BCUT2D eigenvalue weighted by molar-refractivity contribution is 0.0948. The second kappa shape index (κ2) is 6.34. The molecule has 118 valence electrons. The van der Waals surface area contributed by atoms with Crippen LogP contribution in [0.3, 0.4) is 0 Å². The molecule has 0 aliphatic rings. The normalized spacial score (nSPS) is 11.7. The van der Waals surface area contributed by atoms with Crippen LogP contribution in [0.5, 0.6) is 0 Å². The van der Waals surface area contributed by atoms with E-state index >= 15 is 0 Å². The molecule has 0 bridgehead atoms. The Balaban J connectivity index is 1.71. The minimum absolute atomic E-state index is 0.261. The summed E-state index contributed by atoms with van der Waals surface area (Å²) in [5.41, 5.74) is 6.01. The Morgan fingerprint density at radius 2 is 2.09 bits per heavy atom. The van der Waals surface area contributed by atoms with E-state index in [0.29, 0.717) is 17.3 Å². The van der Waals surface area contributed by atoms with Gasteiger partial charge in [-0.2, -0.15) is 5.10 Å². The molecule has 0 spiro atoms. The van der Waals surface area contributed by atoms with E-state index in [1.54, 1.807) is 10.6 Å². The molecule has 2 heterocycles. The predicted octanol–water partition coefficient (Wildman–Crippen LogP) is 3.59. The molecule has 2 aromatic heterocycles. The average molecular weight is 326 g/mol. The maximum absolute atomic E-state index is 12.3. The van der Waals surface area contributed by atoms with Crippen LogP contribution in [0, 0.1) is 6.92 Å². The van der Waals surface area contributed by atoms with Gasteiger partial charge in [-0.05, 0) is 24.0 Å². The summed E-state index contributed by atoms with van der Waals surface area (Å²) in [5.74, 6) is 0.238. The summed E-state index contributed by atoms with van der Waals surface area (Å²) in [6.45, 7) is 6.13. The summed E-state index contributed by atoms with van der Waals surface area (Å²) in [7, 11) is 0. The van der Waals surface area contributed by atoms with Crippen molar-refractivity contribution in [3.8, 4) is 0 Å². The van der Waals surface area contributed by atoms with Gasteiger partial charge in [0.25, 0.3) is 5.91 Å². The van der Waals surface area contributed by atoms with Gasteiger partial charge in [0, 0.05) is 11.6 Å². The number of hydrazone groups is 1. The lowest BCUT2D eigenvalue weighted by Crippen LogP contribution is -2.20. The molecule has 1 N–H and O–H groups in total. The van der Waals surface area contributed by atoms with Crippen LogP contribution >= 0.6 is 11.3 Å². The predicted molar refractivity (Wildman–Crippen MR) is 93.4 cm³/mol. The summed E-state index contributed by atoms with van der Waals surface area (Å²) in [6.07, 6.45) is 3.48. The highest BCUT2D eigenvalue weighted by Crippen LogP contribution is 2.16. The quantitative estimate of drug-likeness (QED) is 0.588. The second-order valence-electron chi connectivity index (χ2n) is 5.62. The summed E-state index contributed by atoms with van der Waals surface area (Å²) >= 11 is 1.50. The Morgan fingerprint density at radius 1 is 1.35 bits per heavy atom. The lowest BCUT2D eigenvalue weighted by Gasteiger charge is -2.04. The summed E-state index contributed by atoms with van der Waals surface area (Å²) in [5, 5.41) is 5.94. The lowest BCUT2D eigenvalue weighted by atomic mass is 10.0. The molecular weight excluding hydrogens is 308 g/mol. The molecule has 5 nitrogen and oxygen atoms in total. The largest absolute Gasteiger partial charge is 0.290 e. The van der Waals surface area contributed by atoms with Crippen molar-refractivity contribution in [3.05, 3.63) is 58.4 Å². The summed E-state index contributed by atoms with van der Waals surface area (Å²) in [4.78, 5) is 17.5. The number of rotatable bonds is 4. The molecule has 0 saturated carbocycles. The maximum atomic E-state index is 12.3. The van der Waals surface area contributed by atoms with Crippen molar-refractivity contribution in [3.63, 3.8) is 0 Å².